The van der Waals surface area contributed by atoms with E-state index in [4.69, 9.17) is 9.47 Å². The largest absolute Gasteiger partial charge is 0.497 e. The normalized spacial score (nSPS) is 36.4. The Morgan fingerprint density at radius 2 is 1.85 bits per heavy atom. The van der Waals surface area contributed by atoms with E-state index in [1.165, 1.54) is 0 Å². The highest BCUT2D eigenvalue weighted by Crippen LogP contribution is 2.50. The first-order chi connectivity index (χ1) is 9.61. The summed E-state index contributed by atoms with van der Waals surface area (Å²) in [7, 11) is 1.66. The van der Waals surface area contributed by atoms with Crippen LogP contribution in [0.3, 0.4) is 0 Å². The lowest BCUT2D eigenvalue weighted by molar-refractivity contribution is -0.172. The molecule has 1 saturated carbocycles. The van der Waals surface area contributed by atoms with Crippen molar-refractivity contribution in [2.24, 2.45) is 23.7 Å². The Morgan fingerprint density at radius 3 is 2.50 bits per heavy atom. The minimum atomic E-state index is -0.111. The maximum atomic E-state index is 12.3. The van der Waals surface area contributed by atoms with E-state index in [1.807, 2.05) is 24.3 Å². The van der Waals surface area contributed by atoms with E-state index in [-0.39, 0.29) is 18.0 Å². The molecule has 0 N–H and O–H groups in total. The Kier molecular flexibility index (Phi) is 3.45. The molecule has 0 bridgehead atoms. The summed E-state index contributed by atoms with van der Waals surface area (Å²) in [5, 5.41) is 0. The molecule has 2 aliphatic rings. The standard InChI is InChI=1S/C17H22O3/c1-10-4-9-14-11(2)16(20-17(18)15(10)14)12-5-7-13(19-3)8-6-12/h5-8,10-11,14-16H,4,9H2,1-3H3/t10-,11+,14+,15+,16+/m0/s1. The second kappa shape index (κ2) is 5.12. The third-order valence-corrected chi connectivity index (χ3v) is 5.14. The van der Waals surface area contributed by atoms with Gasteiger partial charge in [-0.15, -0.1) is 0 Å². The predicted octanol–water partition coefficient (Wildman–Crippen LogP) is 3.59. The van der Waals surface area contributed by atoms with Crippen molar-refractivity contribution in [1.29, 1.82) is 0 Å². The number of hydrogen-bond acceptors (Lipinski definition) is 3. The lowest BCUT2D eigenvalue weighted by Crippen LogP contribution is -2.39. The Balaban J connectivity index is 1.85. The Morgan fingerprint density at radius 1 is 1.15 bits per heavy atom. The third-order valence-electron chi connectivity index (χ3n) is 5.14. The van der Waals surface area contributed by atoms with Crippen LogP contribution in [0.1, 0.15) is 38.4 Å². The summed E-state index contributed by atoms with van der Waals surface area (Å²) in [6.07, 6.45) is 2.18. The van der Waals surface area contributed by atoms with Crippen LogP contribution in [0.2, 0.25) is 0 Å². The number of ether oxygens (including phenoxy) is 2. The summed E-state index contributed by atoms with van der Waals surface area (Å²) < 4.78 is 10.9. The molecule has 108 valence electrons. The van der Waals surface area contributed by atoms with Crippen molar-refractivity contribution in [3.8, 4) is 5.75 Å². The summed E-state index contributed by atoms with van der Waals surface area (Å²) in [5.41, 5.74) is 1.07. The lowest BCUT2D eigenvalue weighted by Gasteiger charge is -2.38. The van der Waals surface area contributed by atoms with Crippen molar-refractivity contribution < 1.29 is 14.3 Å². The molecule has 1 heterocycles. The molecule has 0 spiro atoms. The van der Waals surface area contributed by atoms with Crippen LogP contribution in [0.4, 0.5) is 0 Å². The number of cyclic esters (lactones) is 1. The van der Waals surface area contributed by atoms with Gasteiger partial charge in [0.05, 0.1) is 13.0 Å². The van der Waals surface area contributed by atoms with Gasteiger partial charge in [0.25, 0.3) is 0 Å². The van der Waals surface area contributed by atoms with E-state index in [9.17, 15) is 4.79 Å². The van der Waals surface area contributed by atoms with E-state index in [1.54, 1.807) is 7.11 Å². The van der Waals surface area contributed by atoms with Gasteiger partial charge in [0.1, 0.15) is 11.9 Å². The minimum Gasteiger partial charge on any atom is -0.497 e. The van der Waals surface area contributed by atoms with Crippen LogP contribution in [0.15, 0.2) is 24.3 Å². The van der Waals surface area contributed by atoms with Gasteiger partial charge in [-0.3, -0.25) is 4.79 Å². The molecule has 2 fully saturated rings. The second-order valence-corrected chi connectivity index (χ2v) is 6.23. The Bertz CT molecular complexity index is 493. The van der Waals surface area contributed by atoms with E-state index < -0.39 is 0 Å². The number of carbonyl (C=O) groups excluding carboxylic acids is 1. The predicted molar refractivity (Wildman–Crippen MR) is 76.4 cm³/mol. The topological polar surface area (TPSA) is 35.5 Å². The molecule has 0 amide bonds. The van der Waals surface area contributed by atoms with E-state index >= 15 is 0 Å². The number of benzene rings is 1. The number of hydrogen-bond donors (Lipinski definition) is 0. The van der Waals surface area contributed by atoms with E-state index in [0.717, 1.165) is 24.2 Å². The van der Waals surface area contributed by atoms with Crippen molar-refractivity contribution >= 4 is 5.97 Å². The van der Waals surface area contributed by atoms with Crippen LogP contribution in [-0.2, 0) is 9.53 Å². The molecule has 1 aromatic rings. The average molecular weight is 274 g/mol. The van der Waals surface area contributed by atoms with Gasteiger partial charge in [-0.05, 0) is 42.4 Å². The lowest BCUT2D eigenvalue weighted by atomic mass is 9.76. The quantitative estimate of drug-likeness (QED) is 0.773. The molecule has 5 atom stereocenters. The maximum Gasteiger partial charge on any atom is 0.310 e. The zero-order valence-corrected chi connectivity index (χ0v) is 12.3. The third kappa shape index (κ3) is 2.09. The van der Waals surface area contributed by atoms with Crippen LogP contribution in [0, 0.1) is 23.7 Å². The van der Waals surface area contributed by atoms with Gasteiger partial charge in [-0.1, -0.05) is 26.0 Å². The molecule has 3 heteroatoms. The molecular weight excluding hydrogens is 252 g/mol. The van der Waals surface area contributed by atoms with Crippen molar-refractivity contribution in [1.82, 2.24) is 0 Å². The fourth-order valence-electron chi connectivity index (χ4n) is 3.93. The number of rotatable bonds is 2. The summed E-state index contributed by atoms with van der Waals surface area (Å²) in [6.45, 7) is 4.39. The molecule has 20 heavy (non-hydrogen) atoms. The van der Waals surface area contributed by atoms with Crippen molar-refractivity contribution in [3.05, 3.63) is 29.8 Å². The molecule has 0 aromatic heterocycles. The smallest absolute Gasteiger partial charge is 0.310 e. The molecule has 1 aromatic carbocycles. The highest BCUT2D eigenvalue weighted by Gasteiger charge is 2.49. The highest BCUT2D eigenvalue weighted by atomic mass is 16.5. The number of methoxy groups -OCH3 is 1. The van der Waals surface area contributed by atoms with Crippen LogP contribution in [0.5, 0.6) is 5.75 Å². The molecule has 0 radical (unpaired) electrons. The van der Waals surface area contributed by atoms with Crippen molar-refractivity contribution in [3.63, 3.8) is 0 Å². The molecular formula is C17H22O3. The van der Waals surface area contributed by atoms with Crippen molar-refractivity contribution in [2.45, 2.75) is 32.8 Å². The number of carbonyl (C=O) groups is 1. The van der Waals surface area contributed by atoms with Crippen LogP contribution in [-0.4, -0.2) is 13.1 Å². The second-order valence-electron chi connectivity index (χ2n) is 6.23. The van der Waals surface area contributed by atoms with Crippen LogP contribution >= 0.6 is 0 Å². The molecule has 1 saturated heterocycles. The Hall–Kier alpha value is -1.51. The zero-order valence-electron chi connectivity index (χ0n) is 12.3. The minimum absolute atomic E-state index is 0.00100. The molecule has 1 aliphatic heterocycles. The van der Waals surface area contributed by atoms with Gasteiger partial charge in [0.2, 0.25) is 0 Å². The molecule has 1 aliphatic carbocycles. The molecule has 0 unspecified atom stereocenters. The average Bonchev–Trinajstić information content (AvgIpc) is 2.86. The molecule has 3 nitrogen and oxygen atoms in total. The van der Waals surface area contributed by atoms with Gasteiger partial charge in [-0.25, -0.2) is 0 Å². The van der Waals surface area contributed by atoms with Crippen LogP contribution in [0.25, 0.3) is 0 Å². The van der Waals surface area contributed by atoms with Gasteiger partial charge >= 0.3 is 5.97 Å². The number of fused-ring (bicyclic) bond motifs is 1. The van der Waals surface area contributed by atoms with Gasteiger partial charge < -0.3 is 9.47 Å². The maximum absolute atomic E-state index is 12.3. The fourth-order valence-corrected chi connectivity index (χ4v) is 3.93. The summed E-state index contributed by atoms with van der Waals surface area (Å²) in [5.74, 6) is 2.26. The summed E-state index contributed by atoms with van der Waals surface area (Å²) >= 11 is 0. The molecule has 3 rings (SSSR count). The first-order valence-electron chi connectivity index (χ1n) is 7.46. The van der Waals surface area contributed by atoms with E-state index in [2.05, 4.69) is 13.8 Å². The first-order valence-corrected chi connectivity index (χ1v) is 7.46. The SMILES string of the molecule is COc1ccc([C@@H]2OC(=O)[C@H]3[C@H](CC[C@@H]3C)[C@H]2C)cc1. The van der Waals surface area contributed by atoms with Crippen molar-refractivity contribution in [2.75, 3.05) is 7.11 Å². The Labute approximate surface area is 120 Å². The first kappa shape index (κ1) is 13.5. The van der Waals surface area contributed by atoms with E-state index in [0.29, 0.717) is 17.8 Å². The van der Waals surface area contributed by atoms with Gasteiger partial charge in [0.15, 0.2) is 0 Å². The highest BCUT2D eigenvalue weighted by molar-refractivity contribution is 5.75. The zero-order chi connectivity index (χ0) is 14.3. The van der Waals surface area contributed by atoms with Gasteiger partial charge in [0, 0.05) is 5.92 Å². The fraction of sp³-hybridized carbons (Fsp3) is 0.588. The monoisotopic (exact) mass is 274 g/mol. The summed E-state index contributed by atoms with van der Waals surface area (Å²) in [4.78, 5) is 12.3. The van der Waals surface area contributed by atoms with Gasteiger partial charge in [-0.2, -0.15) is 0 Å². The number of esters is 1. The summed E-state index contributed by atoms with van der Waals surface area (Å²) in [6, 6.07) is 7.87. The van der Waals surface area contributed by atoms with Crippen LogP contribution < -0.4 is 4.74 Å².